The average Bonchev–Trinajstić information content (AvgIpc) is 2.48. The number of anilines is 2. The van der Waals surface area contributed by atoms with Gasteiger partial charge in [-0.3, -0.25) is 4.79 Å². The van der Waals surface area contributed by atoms with Gasteiger partial charge in [0.2, 0.25) is 0 Å². The first-order valence-electron chi connectivity index (χ1n) is 6.21. The number of halogens is 1. The number of ether oxygens (including phenoxy) is 2. The fraction of sp³-hybridized carbons (Fsp3) is 0.133. The van der Waals surface area contributed by atoms with Crippen LogP contribution >= 0.6 is 22.6 Å². The molecule has 0 unspecified atom stereocenters. The van der Waals surface area contributed by atoms with Gasteiger partial charge in [0.05, 0.1) is 22.1 Å². The molecular weight excluding hydrogens is 383 g/mol. The van der Waals surface area contributed by atoms with E-state index in [0.717, 1.165) is 3.57 Å². The van der Waals surface area contributed by atoms with Crippen molar-refractivity contribution in [3.05, 3.63) is 46.0 Å². The topological polar surface area (TPSA) is 73.6 Å². The van der Waals surface area contributed by atoms with Gasteiger partial charge < -0.3 is 20.5 Å². The van der Waals surface area contributed by atoms with Gasteiger partial charge in [-0.1, -0.05) is 12.1 Å². The zero-order valence-corrected chi connectivity index (χ0v) is 13.6. The molecule has 2 aromatic rings. The van der Waals surface area contributed by atoms with Crippen molar-refractivity contribution >= 4 is 39.9 Å². The predicted octanol–water partition coefficient (Wildman–Crippen LogP) is 2.90. The lowest BCUT2D eigenvalue weighted by Crippen LogP contribution is -2.21. The van der Waals surface area contributed by atoms with Crippen molar-refractivity contribution in [2.24, 2.45) is 0 Å². The predicted molar refractivity (Wildman–Crippen MR) is 90.7 cm³/mol. The minimum atomic E-state index is -0.272. The van der Waals surface area contributed by atoms with E-state index in [1.807, 2.05) is 24.3 Å². The second kappa shape index (κ2) is 7.16. The third-order valence-electron chi connectivity index (χ3n) is 2.73. The molecule has 5 nitrogen and oxygen atoms in total. The maximum absolute atomic E-state index is 11.9. The van der Waals surface area contributed by atoms with Crippen LogP contribution in [0.15, 0.2) is 42.5 Å². The van der Waals surface area contributed by atoms with E-state index in [0.29, 0.717) is 22.9 Å². The summed E-state index contributed by atoms with van der Waals surface area (Å²) >= 11 is 2.15. The second-order valence-corrected chi connectivity index (χ2v) is 5.38. The molecule has 0 aliphatic carbocycles. The van der Waals surface area contributed by atoms with Crippen LogP contribution in [0, 0.1) is 3.57 Å². The molecule has 110 valence electrons. The average molecular weight is 398 g/mol. The summed E-state index contributed by atoms with van der Waals surface area (Å²) in [7, 11) is 1.56. The number of nitrogens with one attached hydrogen (secondary N) is 1. The normalized spacial score (nSPS) is 10.0. The highest BCUT2D eigenvalue weighted by Crippen LogP contribution is 2.24. The summed E-state index contributed by atoms with van der Waals surface area (Å²) in [6.07, 6.45) is 0. The van der Waals surface area contributed by atoms with Crippen LogP contribution in [0.2, 0.25) is 0 Å². The first-order chi connectivity index (χ1) is 10.1. The van der Waals surface area contributed by atoms with Gasteiger partial charge in [0.25, 0.3) is 5.91 Å². The van der Waals surface area contributed by atoms with Crippen LogP contribution in [0.3, 0.4) is 0 Å². The maximum Gasteiger partial charge on any atom is 0.262 e. The Kier molecular flexibility index (Phi) is 5.26. The molecule has 1 amide bonds. The van der Waals surface area contributed by atoms with E-state index in [-0.39, 0.29) is 12.5 Å². The van der Waals surface area contributed by atoms with Gasteiger partial charge in [0, 0.05) is 6.07 Å². The van der Waals surface area contributed by atoms with Gasteiger partial charge in [0.1, 0.15) is 11.5 Å². The van der Waals surface area contributed by atoms with Crippen LogP contribution < -0.4 is 20.5 Å². The van der Waals surface area contributed by atoms with Crippen molar-refractivity contribution in [1.29, 1.82) is 0 Å². The molecular formula is C15H15IN2O3. The number of carbonyl (C=O) groups excluding carboxylic acids is 1. The minimum absolute atomic E-state index is 0.0779. The summed E-state index contributed by atoms with van der Waals surface area (Å²) in [5.41, 5.74) is 6.82. The number of benzene rings is 2. The van der Waals surface area contributed by atoms with Gasteiger partial charge in [-0.05, 0) is 46.9 Å². The van der Waals surface area contributed by atoms with E-state index in [1.165, 1.54) is 0 Å². The van der Waals surface area contributed by atoms with Crippen LogP contribution in [0.1, 0.15) is 0 Å². The summed E-state index contributed by atoms with van der Waals surface area (Å²) in [5.74, 6) is 1.04. The summed E-state index contributed by atoms with van der Waals surface area (Å²) in [6, 6.07) is 12.6. The Morgan fingerprint density at radius 2 is 2.05 bits per heavy atom. The first-order valence-corrected chi connectivity index (χ1v) is 7.28. The lowest BCUT2D eigenvalue weighted by atomic mass is 10.2. The quantitative estimate of drug-likeness (QED) is 0.600. The molecule has 0 aliphatic rings. The number of carbonyl (C=O) groups is 1. The van der Waals surface area contributed by atoms with Crippen LogP contribution in [0.4, 0.5) is 11.4 Å². The van der Waals surface area contributed by atoms with Crippen molar-refractivity contribution in [2.75, 3.05) is 24.8 Å². The monoisotopic (exact) mass is 398 g/mol. The molecule has 0 saturated heterocycles. The summed E-state index contributed by atoms with van der Waals surface area (Å²) in [6.45, 7) is -0.0779. The highest BCUT2D eigenvalue weighted by molar-refractivity contribution is 14.1. The number of hydrogen-bond acceptors (Lipinski definition) is 4. The number of nitrogen functional groups attached to an aromatic ring is 1. The highest BCUT2D eigenvalue weighted by atomic mass is 127. The van der Waals surface area contributed by atoms with Gasteiger partial charge in [-0.2, -0.15) is 0 Å². The fourth-order valence-electron chi connectivity index (χ4n) is 1.67. The molecule has 0 fully saturated rings. The Labute approximate surface area is 136 Å². The maximum atomic E-state index is 11.9. The molecule has 6 heteroatoms. The SMILES string of the molecule is COc1ccc(NC(=O)COc2ccccc2I)c(N)c1. The van der Waals surface area contributed by atoms with Gasteiger partial charge in [-0.15, -0.1) is 0 Å². The summed E-state index contributed by atoms with van der Waals surface area (Å²) < 4.78 is 11.5. The van der Waals surface area contributed by atoms with E-state index in [1.54, 1.807) is 25.3 Å². The molecule has 0 atom stereocenters. The van der Waals surface area contributed by atoms with Crippen molar-refractivity contribution in [2.45, 2.75) is 0 Å². The molecule has 0 spiro atoms. The van der Waals surface area contributed by atoms with Crippen molar-refractivity contribution < 1.29 is 14.3 Å². The smallest absolute Gasteiger partial charge is 0.262 e. The molecule has 0 bridgehead atoms. The number of rotatable bonds is 5. The van der Waals surface area contributed by atoms with Gasteiger partial charge in [-0.25, -0.2) is 0 Å². The number of nitrogens with two attached hydrogens (primary N) is 1. The molecule has 0 aromatic heterocycles. The Balaban J connectivity index is 1.95. The van der Waals surface area contributed by atoms with Crippen LogP contribution in [-0.2, 0) is 4.79 Å². The number of hydrogen-bond donors (Lipinski definition) is 2. The van der Waals surface area contributed by atoms with E-state index in [4.69, 9.17) is 15.2 Å². The van der Waals surface area contributed by atoms with E-state index < -0.39 is 0 Å². The van der Waals surface area contributed by atoms with E-state index in [2.05, 4.69) is 27.9 Å². The molecule has 2 aromatic carbocycles. The van der Waals surface area contributed by atoms with Crippen LogP contribution in [0.5, 0.6) is 11.5 Å². The third kappa shape index (κ3) is 4.25. The van der Waals surface area contributed by atoms with Gasteiger partial charge in [0.15, 0.2) is 6.61 Å². The van der Waals surface area contributed by atoms with Crippen LogP contribution in [-0.4, -0.2) is 19.6 Å². The molecule has 2 rings (SSSR count). The van der Waals surface area contributed by atoms with Crippen LogP contribution in [0.25, 0.3) is 0 Å². The number of para-hydroxylation sites is 1. The summed E-state index contributed by atoms with van der Waals surface area (Å²) in [4.78, 5) is 11.9. The Bertz CT molecular complexity index is 647. The van der Waals surface area contributed by atoms with E-state index in [9.17, 15) is 4.79 Å². The molecule has 0 saturated carbocycles. The second-order valence-electron chi connectivity index (χ2n) is 4.22. The van der Waals surface area contributed by atoms with Crippen molar-refractivity contribution in [3.63, 3.8) is 0 Å². The zero-order valence-electron chi connectivity index (χ0n) is 11.4. The highest BCUT2D eigenvalue weighted by Gasteiger charge is 2.08. The molecule has 0 radical (unpaired) electrons. The fourth-order valence-corrected chi connectivity index (χ4v) is 2.22. The first kappa shape index (κ1) is 15.4. The molecule has 0 aliphatic heterocycles. The molecule has 0 heterocycles. The Morgan fingerprint density at radius 1 is 1.29 bits per heavy atom. The molecule has 3 N–H and O–H groups in total. The Hall–Kier alpha value is -1.96. The standard InChI is InChI=1S/C15H15IN2O3/c1-20-10-6-7-13(12(17)8-10)18-15(19)9-21-14-5-3-2-4-11(14)16/h2-8H,9,17H2,1H3,(H,18,19). The molecule has 21 heavy (non-hydrogen) atoms. The zero-order chi connectivity index (χ0) is 15.2. The Morgan fingerprint density at radius 3 is 2.71 bits per heavy atom. The summed E-state index contributed by atoms with van der Waals surface area (Å²) in [5, 5.41) is 2.70. The van der Waals surface area contributed by atoms with Crippen molar-refractivity contribution in [3.8, 4) is 11.5 Å². The largest absolute Gasteiger partial charge is 0.497 e. The van der Waals surface area contributed by atoms with E-state index >= 15 is 0 Å². The van der Waals surface area contributed by atoms with Gasteiger partial charge >= 0.3 is 0 Å². The lowest BCUT2D eigenvalue weighted by Gasteiger charge is -2.11. The minimum Gasteiger partial charge on any atom is -0.497 e. The third-order valence-corrected chi connectivity index (χ3v) is 3.62. The van der Waals surface area contributed by atoms with Crippen molar-refractivity contribution in [1.82, 2.24) is 0 Å². The number of methoxy groups -OCH3 is 1. The lowest BCUT2D eigenvalue weighted by molar-refractivity contribution is -0.118. The number of amides is 1.